The van der Waals surface area contributed by atoms with Crippen LogP contribution in [0.4, 0.5) is 8.78 Å². The summed E-state index contributed by atoms with van der Waals surface area (Å²) < 4.78 is 39.9. The van der Waals surface area contributed by atoms with Crippen LogP contribution in [-0.4, -0.2) is 25.0 Å². The molecule has 0 aliphatic rings. The van der Waals surface area contributed by atoms with Crippen LogP contribution in [0.2, 0.25) is 0 Å². The third-order valence-corrected chi connectivity index (χ3v) is 5.14. The van der Waals surface area contributed by atoms with Gasteiger partial charge in [-0.2, -0.15) is 8.78 Å². The van der Waals surface area contributed by atoms with Crippen molar-refractivity contribution in [1.82, 2.24) is 0 Å². The summed E-state index contributed by atoms with van der Waals surface area (Å²) in [6.07, 6.45) is 0. The van der Waals surface area contributed by atoms with Crippen LogP contribution in [-0.2, 0) is 4.74 Å². The van der Waals surface area contributed by atoms with Gasteiger partial charge in [-0.3, -0.25) is 9.59 Å². The molecule has 0 bridgehead atoms. The molecule has 0 saturated heterocycles. The Balaban J connectivity index is 1.58. The first-order valence-corrected chi connectivity index (χ1v) is 10.2. The van der Waals surface area contributed by atoms with Crippen molar-refractivity contribution < 1.29 is 32.3 Å². The summed E-state index contributed by atoms with van der Waals surface area (Å²) in [6, 6.07) is 18.5. The Bertz CT molecular complexity index is 1410. The quantitative estimate of drug-likeness (QED) is 0.269. The zero-order valence-electron chi connectivity index (χ0n) is 17.9. The number of ketones is 1. The Morgan fingerprint density at radius 3 is 2.32 bits per heavy atom. The number of rotatable bonds is 7. The van der Waals surface area contributed by atoms with Crippen LogP contribution >= 0.6 is 0 Å². The molecule has 1 aromatic heterocycles. The molecule has 34 heavy (non-hydrogen) atoms. The summed E-state index contributed by atoms with van der Waals surface area (Å²) in [6.45, 7) is -1.92. The molecule has 0 saturated carbocycles. The van der Waals surface area contributed by atoms with Gasteiger partial charge in [0.2, 0.25) is 0 Å². The summed E-state index contributed by atoms with van der Waals surface area (Å²) in [4.78, 5) is 38.1. The van der Waals surface area contributed by atoms with Crippen LogP contribution in [0.15, 0.2) is 82.0 Å². The summed E-state index contributed by atoms with van der Waals surface area (Å²) in [7, 11) is 0. The van der Waals surface area contributed by atoms with Crippen molar-refractivity contribution >= 4 is 22.7 Å². The van der Waals surface area contributed by atoms with Gasteiger partial charge in [0.05, 0.1) is 5.39 Å². The van der Waals surface area contributed by atoms with E-state index in [9.17, 15) is 23.2 Å². The van der Waals surface area contributed by atoms with Gasteiger partial charge in [-0.05, 0) is 43.3 Å². The van der Waals surface area contributed by atoms with E-state index in [0.29, 0.717) is 16.9 Å². The standard InChI is InChI=1S/C26H18F2O6/c1-15-22(30)19-8-5-9-20(24(19)34-23(15)17-6-3-2-4-7-17)25(31)32-14-21(29)16-10-12-18(13-11-16)33-26(27)28/h2-13,26H,14H2,1H3. The SMILES string of the molecule is Cc1c(-c2ccccc2)oc2c(C(=O)OCC(=O)c3ccc(OC(F)F)cc3)cccc2c1=O. The molecule has 1 heterocycles. The fourth-order valence-electron chi connectivity index (χ4n) is 3.45. The second kappa shape index (κ2) is 9.66. The lowest BCUT2D eigenvalue weighted by molar-refractivity contribution is -0.0498. The second-order valence-electron chi connectivity index (χ2n) is 7.34. The van der Waals surface area contributed by atoms with E-state index in [0.717, 1.165) is 0 Å². The fraction of sp³-hybridized carbons (Fsp3) is 0.115. The molecule has 172 valence electrons. The Kier molecular flexibility index (Phi) is 6.49. The van der Waals surface area contributed by atoms with Crippen LogP contribution in [0.5, 0.6) is 5.75 Å². The minimum absolute atomic E-state index is 0.000243. The third kappa shape index (κ3) is 4.71. The lowest BCUT2D eigenvalue weighted by Crippen LogP contribution is -2.16. The van der Waals surface area contributed by atoms with E-state index < -0.39 is 25.0 Å². The number of para-hydroxylation sites is 1. The number of Topliss-reactive ketones (excluding diaryl/α,β-unsaturated/α-hetero) is 1. The fourth-order valence-corrected chi connectivity index (χ4v) is 3.45. The van der Waals surface area contributed by atoms with E-state index in [1.807, 2.05) is 6.07 Å². The van der Waals surface area contributed by atoms with Gasteiger partial charge in [0.1, 0.15) is 17.1 Å². The van der Waals surface area contributed by atoms with Gasteiger partial charge in [0.25, 0.3) is 0 Å². The maximum atomic E-state index is 12.9. The minimum Gasteiger partial charge on any atom is -0.455 e. The van der Waals surface area contributed by atoms with Gasteiger partial charge in [-0.1, -0.05) is 36.4 Å². The highest BCUT2D eigenvalue weighted by molar-refractivity contribution is 6.04. The van der Waals surface area contributed by atoms with Gasteiger partial charge < -0.3 is 13.9 Å². The first-order valence-electron chi connectivity index (χ1n) is 10.2. The lowest BCUT2D eigenvalue weighted by Gasteiger charge is -2.10. The summed E-state index contributed by atoms with van der Waals surface area (Å²) in [5.41, 5.74) is 1.01. The number of ether oxygens (including phenoxy) is 2. The molecule has 4 aromatic rings. The first-order chi connectivity index (χ1) is 16.3. The second-order valence-corrected chi connectivity index (χ2v) is 7.34. The Hall–Kier alpha value is -4.33. The highest BCUT2D eigenvalue weighted by Gasteiger charge is 2.20. The average Bonchev–Trinajstić information content (AvgIpc) is 2.84. The van der Waals surface area contributed by atoms with E-state index in [1.54, 1.807) is 37.3 Å². The van der Waals surface area contributed by atoms with Crippen molar-refractivity contribution in [2.75, 3.05) is 6.61 Å². The van der Waals surface area contributed by atoms with Crippen molar-refractivity contribution in [2.45, 2.75) is 13.5 Å². The van der Waals surface area contributed by atoms with E-state index in [-0.39, 0.29) is 33.3 Å². The smallest absolute Gasteiger partial charge is 0.387 e. The molecular weight excluding hydrogens is 446 g/mol. The van der Waals surface area contributed by atoms with E-state index in [4.69, 9.17) is 9.15 Å². The molecule has 0 aliphatic carbocycles. The van der Waals surface area contributed by atoms with Crippen LogP contribution in [0.1, 0.15) is 26.3 Å². The average molecular weight is 464 g/mol. The Labute approximate surface area is 192 Å². The van der Waals surface area contributed by atoms with Crippen LogP contribution in [0, 0.1) is 6.92 Å². The highest BCUT2D eigenvalue weighted by Crippen LogP contribution is 2.27. The van der Waals surface area contributed by atoms with E-state index in [2.05, 4.69) is 4.74 Å². The van der Waals surface area contributed by atoms with Gasteiger partial charge >= 0.3 is 12.6 Å². The summed E-state index contributed by atoms with van der Waals surface area (Å²) in [5.74, 6) is -1.15. The molecule has 0 aliphatic heterocycles. The van der Waals surface area contributed by atoms with E-state index >= 15 is 0 Å². The Morgan fingerprint density at radius 1 is 0.941 bits per heavy atom. The third-order valence-electron chi connectivity index (χ3n) is 5.14. The molecule has 4 rings (SSSR count). The summed E-state index contributed by atoms with van der Waals surface area (Å²) in [5, 5.41) is 0.215. The van der Waals surface area contributed by atoms with Crippen molar-refractivity contribution in [3.05, 3.63) is 99.7 Å². The number of hydrogen-bond acceptors (Lipinski definition) is 6. The molecule has 0 unspecified atom stereocenters. The maximum Gasteiger partial charge on any atom is 0.387 e. The normalized spacial score (nSPS) is 10.9. The largest absolute Gasteiger partial charge is 0.455 e. The maximum absolute atomic E-state index is 12.9. The van der Waals surface area contributed by atoms with Gasteiger partial charge in [-0.15, -0.1) is 0 Å². The van der Waals surface area contributed by atoms with Crippen molar-refractivity contribution in [3.8, 4) is 17.1 Å². The molecule has 3 aromatic carbocycles. The minimum atomic E-state index is -2.98. The zero-order chi connectivity index (χ0) is 24.2. The number of halogens is 2. The van der Waals surface area contributed by atoms with Crippen LogP contribution in [0.25, 0.3) is 22.3 Å². The monoisotopic (exact) mass is 464 g/mol. The number of alkyl halides is 2. The van der Waals surface area contributed by atoms with Gasteiger partial charge in [-0.25, -0.2) is 4.79 Å². The topological polar surface area (TPSA) is 82.8 Å². The molecule has 6 nitrogen and oxygen atoms in total. The van der Waals surface area contributed by atoms with Crippen molar-refractivity contribution in [2.24, 2.45) is 0 Å². The molecule has 0 fully saturated rings. The van der Waals surface area contributed by atoms with Crippen LogP contribution in [0.3, 0.4) is 0 Å². The van der Waals surface area contributed by atoms with Crippen LogP contribution < -0.4 is 10.2 Å². The molecule has 0 amide bonds. The molecular formula is C26H18F2O6. The van der Waals surface area contributed by atoms with Crippen molar-refractivity contribution in [1.29, 1.82) is 0 Å². The molecule has 8 heteroatoms. The number of hydrogen-bond donors (Lipinski definition) is 0. The molecule has 0 N–H and O–H groups in total. The molecule has 0 radical (unpaired) electrons. The number of carbonyl (C=O) groups is 2. The number of benzene rings is 3. The first kappa shape index (κ1) is 22.8. The predicted molar refractivity (Wildman–Crippen MR) is 120 cm³/mol. The van der Waals surface area contributed by atoms with Gasteiger partial charge in [0, 0.05) is 16.7 Å². The Morgan fingerprint density at radius 2 is 1.65 bits per heavy atom. The highest BCUT2D eigenvalue weighted by atomic mass is 19.3. The molecule has 0 spiro atoms. The predicted octanol–water partition coefficient (Wildman–Crippen LogP) is 5.41. The van der Waals surface area contributed by atoms with Crippen molar-refractivity contribution in [3.63, 3.8) is 0 Å². The number of esters is 1. The zero-order valence-corrected chi connectivity index (χ0v) is 17.9. The van der Waals surface area contributed by atoms with E-state index in [1.165, 1.54) is 36.4 Å². The summed E-state index contributed by atoms with van der Waals surface area (Å²) >= 11 is 0. The van der Waals surface area contributed by atoms with Gasteiger partial charge in [0.15, 0.2) is 23.4 Å². The number of fused-ring (bicyclic) bond motifs is 1. The number of carbonyl (C=O) groups excluding carboxylic acids is 2. The lowest BCUT2D eigenvalue weighted by atomic mass is 10.0. The molecule has 0 atom stereocenters.